The van der Waals surface area contributed by atoms with E-state index >= 15 is 0 Å². The molecule has 1 aliphatic rings. The highest BCUT2D eigenvalue weighted by molar-refractivity contribution is 6.32. The normalized spacial score (nSPS) is 14.6. The summed E-state index contributed by atoms with van der Waals surface area (Å²) in [5.41, 5.74) is 9.14. The molecule has 7 heteroatoms. The summed E-state index contributed by atoms with van der Waals surface area (Å²) in [7, 11) is 3.08. The molecule has 1 aromatic heterocycles. The Hall–Kier alpha value is -2.25. The highest BCUT2D eigenvalue weighted by atomic mass is 16.5. The summed E-state index contributed by atoms with van der Waals surface area (Å²) in [6.07, 6.45) is 2.73. The third-order valence-corrected chi connectivity index (χ3v) is 4.38. The molecule has 0 bridgehead atoms. The Morgan fingerprint density at radius 3 is 2.89 bits per heavy atom. The molecule has 2 heterocycles. The predicted octanol–water partition coefficient (Wildman–Crippen LogP) is 3.38. The van der Waals surface area contributed by atoms with Gasteiger partial charge in [-0.15, -0.1) is 0 Å². The van der Waals surface area contributed by atoms with Gasteiger partial charge >= 0.3 is 7.62 Å². The minimum atomic E-state index is -0.360. The first kappa shape index (κ1) is 19.5. The minimum Gasteiger partial charge on any atom is -0.492 e. The van der Waals surface area contributed by atoms with Crippen molar-refractivity contribution in [2.75, 3.05) is 18.9 Å². The summed E-state index contributed by atoms with van der Waals surface area (Å²) < 4.78 is 16.8. The van der Waals surface area contributed by atoms with Gasteiger partial charge in [0.2, 0.25) is 0 Å². The van der Waals surface area contributed by atoms with Crippen LogP contribution in [0.5, 0.6) is 11.5 Å². The van der Waals surface area contributed by atoms with Crippen molar-refractivity contribution in [2.45, 2.75) is 39.3 Å². The first-order valence-corrected chi connectivity index (χ1v) is 9.17. The van der Waals surface area contributed by atoms with Crippen LogP contribution in [0.25, 0.3) is 11.1 Å². The number of ether oxygens (including phenoxy) is 2. The van der Waals surface area contributed by atoms with E-state index in [-0.39, 0.29) is 5.54 Å². The Morgan fingerprint density at radius 2 is 2.15 bits per heavy atom. The number of rotatable bonds is 8. The number of hydrogen-bond acceptors (Lipinski definition) is 6. The highest BCUT2D eigenvalue weighted by Crippen LogP contribution is 2.40. The summed E-state index contributed by atoms with van der Waals surface area (Å²) in [4.78, 5) is 4.36. The number of pyridine rings is 1. The summed E-state index contributed by atoms with van der Waals surface area (Å²) in [6, 6.07) is 7.89. The van der Waals surface area contributed by atoms with Crippen LogP contribution in [0.15, 0.2) is 30.5 Å². The fourth-order valence-electron chi connectivity index (χ4n) is 3.38. The maximum absolute atomic E-state index is 6.34. The first-order chi connectivity index (χ1) is 12.9. The van der Waals surface area contributed by atoms with Gasteiger partial charge in [-0.3, -0.25) is 0 Å². The molecule has 2 aromatic rings. The number of nitrogens with one attached hydrogen (secondary N) is 1. The monoisotopic (exact) mass is 368 g/mol. The van der Waals surface area contributed by atoms with Crippen LogP contribution in [0.1, 0.15) is 32.8 Å². The lowest BCUT2D eigenvalue weighted by molar-refractivity contribution is 0.205. The molecule has 143 valence electrons. The van der Waals surface area contributed by atoms with Crippen molar-refractivity contribution in [1.82, 2.24) is 4.98 Å². The van der Waals surface area contributed by atoms with E-state index in [1.165, 1.54) is 7.62 Å². The SMILES string of the molecule is CO[B]Nc1cc2c(cn1)COc1cc(OCC(C)(N)CC(C)C)ccc1-2. The lowest BCUT2D eigenvalue weighted by Crippen LogP contribution is -2.43. The quantitative estimate of drug-likeness (QED) is 0.696. The van der Waals surface area contributed by atoms with Crippen molar-refractivity contribution in [3.05, 3.63) is 36.0 Å². The molecule has 3 rings (SSSR count). The molecule has 0 saturated heterocycles. The lowest BCUT2D eigenvalue weighted by atomic mass is 9.93. The maximum Gasteiger partial charge on any atom is 0.437 e. The van der Waals surface area contributed by atoms with Gasteiger partial charge in [0, 0.05) is 36.0 Å². The van der Waals surface area contributed by atoms with Crippen molar-refractivity contribution in [3.63, 3.8) is 0 Å². The minimum absolute atomic E-state index is 0.360. The first-order valence-electron chi connectivity index (χ1n) is 9.17. The van der Waals surface area contributed by atoms with Crippen LogP contribution < -0.4 is 20.4 Å². The number of anilines is 1. The third kappa shape index (κ3) is 4.93. The summed E-state index contributed by atoms with van der Waals surface area (Å²) in [5, 5.41) is 3.00. The van der Waals surface area contributed by atoms with E-state index < -0.39 is 0 Å². The highest BCUT2D eigenvalue weighted by Gasteiger charge is 2.22. The Morgan fingerprint density at radius 1 is 1.33 bits per heavy atom. The molecule has 0 amide bonds. The maximum atomic E-state index is 6.34. The van der Waals surface area contributed by atoms with Crippen LogP contribution in [0.3, 0.4) is 0 Å². The van der Waals surface area contributed by atoms with E-state index in [4.69, 9.17) is 19.9 Å². The molecule has 6 nitrogen and oxygen atoms in total. The average molecular weight is 368 g/mol. The Kier molecular flexibility index (Phi) is 5.92. The molecule has 0 aliphatic carbocycles. The largest absolute Gasteiger partial charge is 0.492 e. The van der Waals surface area contributed by atoms with E-state index in [0.29, 0.717) is 19.1 Å². The Labute approximate surface area is 161 Å². The smallest absolute Gasteiger partial charge is 0.437 e. The Bertz CT molecular complexity index is 796. The van der Waals surface area contributed by atoms with Gasteiger partial charge in [-0.2, -0.15) is 0 Å². The lowest BCUT2D eigenvalue weighted by Gasteiger charge is -2.27. The number of hydrogen-bond donors (Lipinski definition) is 2. The second kappa shape index (κ2) is 8.19. The van der Waals surface area contributed by atoms with E-state index in [9.17, 15) is 0 Å². The van der Waals surface area contributed by atoms with Gasteiger partial charge < -0.3 is 25.1 Å². The van der Waals surface area contributed by atoms with Crippen LogP contribution in [0, 0.1) is 5.92 Å². The zero-order chi connectivity index (χ0) is 19.4. The van der Waals surface area contributed by atoms with Crippen LogP contribution in [-0.4, -0.2) is 31.9 Å². The van der Waals surface area contributed by atoms with Crippen LogP contribution >= 0.6 is 0 Å². The summed E-state index contributed by atoms with van der Waals surface area (Å²) in [6.45, 7) is 7.30. The van der Waals surface area contributed by atoms with Crippen molar-refractivity contribution in [2.24, 2.45) is 11.7 Å². The number of nitrogens with two attached hydrogens (primary N) is 1. The molecule has 1 aromatic carbocycles. The zero-order valence-electron chi connectivity index (χ0n) is 16.4. The fraction of sp³-hybridized carbons (Fsp3) is 0.450. The van der Waals surface area contributed by atoms with Gasteiger partial charge in [0.05, 0.1) is 0 Å². The molecule has 3 N–H and O–H groups in total. The predicted molar refractivity (Wildman–Crippen MR) is 108 cm³/mol. The van der Waals surface area contributed by atoms with Gasteiger partial charge in [-0.05, 0) is 43.0 Å². The van der Waals surface area contributed by atoms with Gasteiger partial charge in [0.25, 0.3) is 0 Å². The molecule has 0 fully saturated rings. The van der Waals surface area contributed by atoms with E-state index in [1.54, 1.807) is 7.11 Å². The summed E-state index contributed by atoms with van der Waals surface area (Å²) in [5.74, 6) is 2.81. The van der Waals surface area contributed by atoms with Crippen molar-refractivity contribution < 1.29 is 14.1 Å². The van der Waals surface area contributed by atoms with Crippen molar-refractivity contribution >= 4 is 13.4 Å². The third-order valence-electron chi connectivity index (χ3n) is 4.38. The molecule has 1 aliphatic heterocycles. The van der Waals surface area contributed by atoms with Gasteiger partial charge in [0.15, 0.2) is 0 Å². The van der Waals surface area contributed by atoms with Crippen molar-refractivity contribution in [1.29, 1.82) is 0 Å². The van der Waals surface area contributed by atoms with Crippen LogP contribution in [-0.2, 0) is 11.3 Å². The molecule has 1 atom stereocenters. The number of benzene rings is 1. The number of fused-ring (bicyclic) bond motifs is 3. The number of aromatic nitrogens is 1. The zero-order valence-corrected chi connectivity index (χ0v) is 16.4. The molecule has 27 heavy (non-hydrogen) atoms. The van der Waals surface area contributed by atoms with Gasteiger partial charge in [-0.25, -0.2) is 4.98 Å². The molecular formula is C20H27BN3O3. The average Bonchev–Trinajstić information content (AvgIpc) is 2.63. The topological polar surface area (TPSA) is 78.6 Å². The second-order valence-corrected chi connectivity index (χ2v) is 7.71. The molecule has 0 saturated carbocycles. The Balaban J connectivity index is 1.77. The summed E-state index contributed by atoms with van der Waals surface area (Å²) >= 11 is 0. The van der Waals surface area contributed by atoms with Crippen LogP contribution in [0.4, 0.5) is 5.82 Å². The van der Waals surface area contributed by atoms with Gasteiger partial charge in [-0.1, -0.05) is 13.8 Å². The van der Waals surface area contributed by atoms with Gasteiger partial charge in [0.1, 0.15) is 30.5 Å². The number of nitrogens with zero attached hydrogens (tertiary/aromatic N) is 1. The second-order valence-electron chi connectivity index (χ2n) is 7.71. The van der Waals surface area contributed by atoms with Crippen LogP contribution in [0.2, 0.25) is 0 Å². The molecule has 1 radical (unpaired) electrons. The van der Waals surface area contributed by atoms with E-state index in [0.717, 1.165) is 40.4 Å². The molecule has 0 spiro atoms. The van der Waals surface area contributed by atoms with Crippen molar-refractivity contribution in [3.8, 4) is 22.6 Å². The van der Waals surface area contributed by atoms with E-state index in [1.807, 2.05) is 37.4 Å². The fourth-order valence-corrected chi connectivity index (χ4v) is 3.38. The molecule has 1 unspecified atom stereocenters. The standard InChI is InChI=1S/C20H27BN3O3/c1-13(2)9-20(3,22)12-27-15-5-6-16-17-8-19(24-21-25-4)23-10-14(17)11-26-18(16)7-15/h5-8,10,13H,9,11-12,22H2,1-4H3,(H,23,24). The van der Waals surface area contributed by atoms with E-state index in [2.05, 4.69) is 24.1 Å². The molecular weight excluding hydrogens is 341 g/mol.